The molecule has 25 heteroatoms. The van der Waals surface area contributed by atoms with Crippen molar-refractivity contribution in [2.45, 2.75) is 14.7 Å². The molecule has 0 aliphatic carbocycles. The smallest absolute Gasteiger partial charge is 0.341 e. The third kappa shape index (κ3) is 9.94. The first kappa shape index (κ1) is 48.4. The minimum atomic E-state index is -4.38. The molecule has 0 unspecified atom stereocenters. The van der Waals surface area contributed by atoms with Gasteiger partial charge in [0.2, 0.25) is 0 Å². The molecule has 0 atom stereocenters. The van der Waals surface area contributed by atoms with Crippen molar-refractivity contribution in [1.82, 2.24) is 0 Å². The van der Waals surface area contributed by atoms with Gasteiger partial charge in [0.1, 0.15) is 38.2 Å². The highest BCUT2D eigenvalue weighted by molar-refractivity contribution is 7.94. The van der Waals surface area contributed by atoms with Gasteiger partial charge in [-0.3, -0.25) is 8.37 Å². The molecule has 7 aromatic carbocycles. The second-order valence-electron chi connectivity index (χ2n) is 13.7. The summed E-state index contributed by atoms with van der Waals surface area (Å²) in [6.45, 7) is 0. The fraction of sp³-hybridized carbons (Fsp3) is 0.116. The van der Waals surface area contributed by atoms with Gasteiger partial charge in [0.05, 0.1) is 75.1 Å². The molecule has 0 fully saturated rings. The Hall–Kier alpha value is -7.49. The van der Waals surface area contributed by atoms with Crippen LogP contribution in [0.1, 0.15) is 20.7 Å². The van der Waals surface area contributed by atoms with Crippen LogP contribution < -0.4 is 0 Å². The van der Waals surface area contributed by atoms with E-state index in [1.54, 1.807) is 18.2 Å². The summed E-state index contributed by atoms with van der Waals surface area (Å²) in [5.41, 5.74) is -0.336. The molecule has 0 aliphatic rings. The molecular weight excluding hydrogens is 953 g/mol. The van der Waals surface area contributed by atoms with Crippen LogP contribution in [0.2, 0.25) is 0 Å². The van der Waals surface area contributed by atoms with Crippen molar-refractivity contribution in [3.8, 4) is 17.2 Å². The average Bonchev–Trinajstić information content (AvgIpc) is 3.34. The van der Waals surface area contributed by atoms with Gasteiger partial charge in [0.25, 0.3) is 20.2 Å². The molecule has 0 bridgehead atoms. The van der Waals surface area contributed by atoms with E-state index in [1.807, 2.05) is 0 Å². The Labute approximate surface area is 389 Å². The minimum Gasteiger partial charge on any atom is -0.506 e. The Kier molecular flexibility index (Phi) is 14.4. The van der Waals surface area contributed by atoms with Crippen LogP contribution in [0.5, 0.6) is 17.2 Å². The number of azo groups is 3. The fourth-order valence-corrected chi connectivity index (χ4v) is 8.88. The van der Waals surface area contributed by atoms with Gasteiger partial charge in [0, 0.05) is 27.6 Å². The van der Waals surface area contributed by atoms with Gasteiger partial charge in [-0.15, -0.1) is 19.7 Å². The molecular formula is C43H34N6O16S3. The first-order chi connectivity index (χ1) is 32.5. The number of nitrogens with zero attached hydrogens (tertiary/aromatic N) is 6. The number of carbonyl (C=O) groups excluding carboxylic acids is 2. The molecule has 7 aromatic rings. The molecule has 7 rings (SSSR count). The Morgan fingerprint density at radius 3 is 1.91 bits per heavy atom. The number of carbonyl (C=O) groups is 2. The second-order valence-corrected chi connectivity index (χ2v) is 17.8. The standard InChI is InChI=1S/C43H34N6O16S3/c1-59-42(53)23-10-13-28-24(15-23)16-32(43(54)60-2)41(52)38(28)48-45-25-11-9-22-17-35(66-65-64-61-3)39(40(51)30(22)18-25)49-47-33-14-12-26(20-34(33)50)44-46-27-19-31-29(37(21-27)68(57,58)63-5)7-6-8-36(31)67(55,56)62-4/h6-21,50-52H,1-5H3. The number of fused-ring (bicyclic) bond motifs is 3. The van der Waals surface area contributed by atoms with Crippen molar-refractivity contribution < 1.29 is 73.8 Å². The largest absolute Gasteiger partial charge is 0.506 e. The molecule has 0 spiro atoms. The first-order valence-electron chi connectivity index (χ1n) is 19.1. The zero-order valence-corrected chi connectivity index (χ0v) is 38.2. The normalized spacial score (nSPS) is 12.3. The predicted octanol–water partition coefficient (Wildman–Crippen LogP) is 10.3. The lowest BCUT2D eigenvalue weighted by Gasteiger charge is -2.11. The zero-order chi connectivity index (χ0) is 48.9. The van der Waals surface area contributed by atoms with Gasteiger partial charge in [-0.2, -0.15) is 32.2 Å². The van der Waals surface area contributed by atoms with Crippen molar-refractivity contribution in [3.05, 3.63) is 108 Å². The average molecular weight is 987 g/mol. The maximum atomic E-state index is 12.9. The summed E-state index contributed by atoms with van der Waals surface area (Å²) in [4.78, 5) is 28.8. The minimum absolute atomic E-state index is 0.0208. The number of esters is 2. The maximum absolute atomic E-state index is 12.9. The van der Waals surface area contributed by atoms with Crippen LogP contribution in [0.15, 0.2) is 142 Å². The van der Waals surface area contributed by atoms with Crippen molar-refractivity contribution in [1.29, 1.82) is 0 Å². The lowest BCUT2D eigenvalue weighted by Crippen LogP contribution is -2.06. The van der Waals surface area contributed by atoms with E-state index in [2.05, 4.69) is 44.8 Å². The van der Waals surface area contributed by atoms with Crippen molar-refractivity contribution in [2.75, 3.05) is 35.5 Å². The van der Waals surface area contributed by atoms with E-state index < -0.39 is 49.4 Å². The highest BCUT2D eigenvalue weighted by atomic mass is 32.2. The molecule has 3 N–H and O–H groups in total. The SMILES string of the molecule is COOOSc1cc2ccc(N=Nc3c(O)c(C(=O)OC)cc4cc(C(=O)OC)ccc34)cc2c(O)c1N=Nc1ccc(N=Nc2cc(S(=O)(=O)OC)c3cccc(S(=O)(=O)OC)c3c2)cc1O. The van der Waals surface area contributed by atoms with Gasteiger partial charge >= 0.3 is 11.9 Å². The third-order valence-electron chi connectivity index (χ3n) is 9.81. The number of hydrogen-bond donors (Lipinski definition) is 3. The lowest BCUT2D eigenvalue weighted by atomic mass is 10.0. The van der Waals surface area contributed by atoms with E-state index in [1.165, 1.54) is 80.9 Å². The van der Waals surface area contributed by atoms with Crippen LogP contribution in [0.3, 0.4) is 0 Å². The van der Waals surface area contributed by atoms with Gasteiger partial charge in [-0.1, -0.05) is 29.3 Å². The van der Waals surface area contributed by atoms with Crippen molar-refractivity contribution in [3.63, 3.8) is 0 Å². The molecule has 350 valence electrons. The number of benzene rings is 7. The Balaban J connectivity index is 1.23. The third-order valence-corrected chi connectivity index (χ3v) is 13.1. The molecule has 0 amide bonds. The van der Waals surface area contributed by atoms with E-state index >= 15 is 0 Å². The Bertz CT molecular complexity index is 3500. The topological polar surface area (TPSA) is 302 Å². The monoisotopic (exact) mass is 986 g/mol. The Morgan fingerprint density at radius 2 is 1.21 bits per heavy atom. The van der Waals surface area contributed by atoms with Crippen LogP contribution >= 0.6 is 12.0 Å². The molecule has 68 heavy (non-hydrogen) atoms. The summed E-state index contributed by atoms with van der Waals surface area (Å²) in [6, 6.07) is 22.2. The van der Waals surface area contributed by atoms with Crippen LogP contribution in [-0.2, 0) is 52.3 Å². The predicted molar refractivity (Wildman–Crippen MR) is 242 cm³/mol. The lowest BCUT2D eigenvalue weighted by molar-refractivity contribution is -0.447. The van der Waals surface area contributed by atoms with E-state index in [4.69, 9.17) is 18.0 Å². The Morgan fingerprint density at radius 1 is 0.544 bits per heavy atom. The van der Waals surface area contributed by atoms with E-state index in [-0.39, 0.29) is 76.1 Å². The molecule has 0 saturated heterocycles. The highest BCUT2D eigenvalue weighted by Crippen LogP contribution is 2.46. The van der Waals surface area contributed by atoms with Gasteiger partial charge in [-0.05, 0) is 77.5 Å². The number of rotatable bonds is 16. The molecule has 0 radical (unpaired) electrons. The summed E-state index contributed by atoms with van der Waals surface area (Å²) in [5, 5.41) is 64.5. The van der Waals surface area contributed by atoms with E-state index in [0.29, 0.717) is 28.2 Å². The van der Waals surface area contributed by atoms with Crippen molar-refractivity contribution >= 4 is 111 Å². The first-order valence-corrected chi connectivity index (χ1v) is 22.7. The zero-order valence-electron chi connectivity index (χ0n) is 35.8. The second kappa shape index (κ2) is 20.2. The number of ether oxygens (including phenoxy) is 2. The molecule has 0 heterocycles. The number of methoxy groups -OCH3 is 2. The van der Waals surface area contributed by atoms with Gasteiger partial charge in [0.15, 0.2) is 11.5 Å². The molecule has 0 aliphatic heterocycles. The molecule has 22 nitrogen and oxygen atoms in total. The fourth-order valence-electron chi connectivity index (χ4n) is 6.58. The highest BCUT2D eigenvalue weighted by Gasteiger charge is 2.25. The summed E-state index contributed by atoms with van der Waals surface area (Å²) >= 11 is 0.606. The van der Waals surface area contributed by atoms with Crippen LogP contribution in [0, 0.1) is 0 Å². The maximum Gasteiger partial charge on any atom is 0.341 e. The summed E-state index contributed by atoms with van der Waals surface area (Å²) in [7, 11) is -3.22. The number of hydrogen-bond acceptors (Lipinski definition) is 23. The molecule has 0 aromatic heterocycles. The van der Waals surface area contributed by atoms with Gasteiger partial charge in [-0.25, -0.2) is 14.5 Å². The molecule has 0 saturated carbocycles. The summed E-state index contributed by atoms with van der Waals surface area (Å²) in [6.07, 6.45) is 0. The summed E-state index contributed by atoms with van der Waals surface area (Å²) < 4.78 is 75.2. The van der Waals surface area contributed by atoms with Crippen LogP contribution in [-0.4, -0.2) is 79.6 Å². The van der Waals surface area contributed by atoms with E-state index in [0.717, 1.165) is 33.5 Å². The number of aromatic hydroxyl groups is 3. The van der Waals surface area contributed by atoms with Crippen LogP contribution in [0.25, 0.3) is 32.3 Å². The van der Waals surface area contributed by atoms with Crippen molar-refractivity contribution in [2.24, 2.45) is 30.7 Å². The van der Waals surface area contributed by atoms with E-state index in [9.17, 15) is 41.7 Å². The van der Waals surface area contributed by atoms with Gasteiger partial charge < -0.3 is 24.8 Å². The van der Waals surface area contributed by atoms with Crippen LogP contribution in [0.4, 0.5) is 34.1 Å². The number of phenols is 3. The number of phenolic OH excluding ortho intramolecular Hbond substituents is 3. The summed E-state index contributed by atoms with van der Waals surface area (Å²) in [5.74, 6) is -2.93. The quantitative estimate of drug-likeness (QED) is 0.0154.